The quantitative estimate of drug-likeness (QED) is 0.672. The molecule has 0 unspecified atom stereocenters. The van der Waals surface area contributed by atoms with Crippen molar-refractivity contribution >= 4 is 0 Å². The summed E-state index contributed by atoms with van der Waals surface area (Å²) in [6.45, 7) is 0. The van der Waals surface area contributed by atoms with Gasteiger partial charge in [-0.05, 0) is 36.1 Å². The van der Waals surface area contributed by atoms with Crippen molar-refractivity contribution in [2.75, 3.05) is 14.2 Å². The molecule has 4 heteroatoms. The van der Waals surface area contributed by atoms with Crippen molar-refractivity contribution in [3.63, 3.8) is 0 Å². The van der Waals surface area contributed by atoms with Crippen LogP contribution < -0.4 is 9.47 Å². The highest BCUT2D eigenvalue weighted by Crippen LogP contribution is 2.11. The van der Waals surface area contributed by atoms with Crippen molar-refractivity contribution < 1.29 is 9.47 Å². The highest BCUT2D eigenvalue weighted by atomic mass is 16.5. The number of rotatable bonds is 2. The highest BCUT2D eigenvalue weighted by molar-refractivity contribution is 5.53. The summed E-state index contributed by atoms with van der Waals surface area (Å²) in [5.41, 5.74) is 2.93. The second-order valence-electron chi connectivity index (χ2n) is 5.21. The van der Waals surface area contributed by atoms with Crippen LogP contribution in [0.15, 0.2) is 60.9 Å². The molecule has 1 aromatic carbocycles. The van der Waals surface area contributed by atoms with Gasteiger partial charge in [-0.2, -0.15) is 0 Å². The zero-order valence-electron chi connectivity index (χ0n) is 14.5. The minimum Gasteiger partial charge on any atom is -0.497 e. The van der Waals surface area contributed by atoms with Crippen LogP contribution in [0.2, 0.25) is 0 Å². The molecule has 0 bridgehead atoms. The van der Waals surface area contributed by atoms with E-state index in [1.165, 1.54) is 0 Å². The fraction of sp³-hybridized carbons (Fsp3) is 0.0909. The van der Waals surface area contributed by atoms with Gasteiger partial charge in [-0.3, -0.25) is 0 Å². The molecule has 3 aromatic rings. The zero-order valence-corrected chi connectivity index (χ0v) is 14.5. The smallest absolute Gasteiger partial charge is 0.123 e. The van der Waals surface area contributed by atoms with E-state index in [2.05, 4.69) is 33.6 Å². The molecule has 26 heavy (non-hydrogen) atoms. The Balaban J connectivity index is 1.90. The Morgan fingerprint density at radius 1 is 0.654 bits per heavy atom. The van der Waals surface area contributed by atoms with Crippen LogP contribution in [-0.2, 0) is 0 Å². The van der Waals surface area contributed by atoms with Crippen LogP contribution >= 0.6 is 0 Å². The van der Waals surface area contributed by atoms with E-state index in [1.807, 2.05) is 24.3 Å². The molecule has 0 spiro atoms. The summed E-state index contributed by atoms with van der Waals surface area (Å²) < 4.78 is 10.4. The lowest BCUT2D eigenvalue weighted by molar-refractivity contribution is 0.414. The van der Waals surface area contributed by atoms with Crippen molar-refractivity contribution in [3.8, 4) is 35.2 Å². The van der Waals surface area contributed by atoms with Crippen LogP contribution in [0.25, 0.3) is 0 Å². The van der Waals surface area contributed by atoms with E-state index in [4.69, 9.17) is 9.47 Å². The maximum atomic E-state index is 5.19. The van der Waals surface area contributed by atoms with Gasteiger partial charge in [-0.15, -0.1) is 0 Å². The van der Waals surface area contributed by atoms with E-state index in [0.29, 0.717) is 11.4 Å². The van der Waals surface area contributed by atoms with Gasteiger partial charge in [-0.1, -0.05) is 24.0 Å². The number of nitrogens with zero attached hydrogens (tertiary/aromatic N) is 2. The summed E-state index contributed by atoms with van der Waals surface area (Å²) in [4.78, 5) is 8.46. The fourth-order valence-corrected chi connectivity index (χ4v) is 2.18. The zero-order chi connectivity index (χ0) is 18.2. The van der Waals surface area contributed by atoms with Gasteiger partial charge < -0.3 is 9.47 Å². The number of ether oxygens (including phenoxy) is 2. The molecule has 0 aliphatic rings. The molecule has 2 heterocycles. The molecule has 0 fully saturated rings. The minimum absolute atomic E-state index is 0.640. The summed E-state index contributed by atoms with van der Waals surface area (Å²) in [7, 11) is 3.23. The fourth-order valence-electron chi connectivity index (χ4n) is 2.18. The summed E-state index contributed by atoms with van der Waals surface area (Å²) in [5, 5.41) is 0. The molecule has 126 valence electrons. The van der Waals surface area contributed by atoms with Crippen LogP contribution in [-0.4, -0.2) is 24.2 Å². The van der Waals surface area contributed by atoms with Crippen LogP contribution in [0.5, 0.6) is 11.5 Å². The number of pyridine rings is 2. The number of hydrogen-bond donors (Lipinski definition) is 0. The Bertz CT molecular complexity index is 952. The third-order valence-corrected chi connectivity index (χ3v) is 3.51. The van der Waals surface area contributed by atoms with Crippen molar-refractivity contribution in [2.45, 2.75) is 0 Å². The van der Waals surface area contributed by atoms with E-state index < -0.39 is 0 Å². The maximum absolute atomic E-state index is 5.19. The second-order valence-corrected chi connectivity index (χ2v) is 5.21. The van der Waals surface area contributed by atoms with Gasteiger partial charge in [0.25, 0.3) is 0 Å². The summed E-state index contributed by atoms with van der Waals surface area (Å²) in [5.74, 6) is 13.8. The van der Waals surface area contributed by atoms with Crippen molar-refractivity contribution in [1.29, 1.82) is 0 Å². The minimum atomic E-state index is 0.640. The monoisotopic (exact) mass is 340 g/mol. The molecule has 0 radical (unpaired) electrons. The average Bonchev–Trinajstić information content (AvgIpc) is 2.71. The predicted molar refractivity (Wildman–Crippen MR) is 100.0 cm³/mol. The van der Waals surface area contributed by atoms with E-state index in [1.54, 1.807) is 50.9 Å². The number of hydrogen-bond acceptors (Lipinski definition) is 4. The highest BCUT2D eigenvalue weighted by Gasteiger charge is 1.98. The maximum Gasteiger partial charge on any atom is 0.123 e. The number of methoxy groups -OCH3 is 2. The molecule has 0 amide bonds. The van der Waals surface area contributed by atoms with Crippen LogP contribution in [0.1, 0.15) is 22.5 Å². The van der Waals surface area contributed by atoms with Gasteiger partial charge in [0, 0.05) is 35.7 Å². The van der Waals surface area contributed by atoms with Gasteiger partial charge in [0.1, 0.15) is 22.9 Å². The first kappa shape index (κ1) is 17.1. The first-order valence-electron chi connectivity index (χ1n) is 7.91. The Morgan fingerprint density at radius 2 is 1.12 bits per heavy atom. The van der Waals surface area contributed by atoms with Crippen molar-refractivity contribution in [3.05, 3.63) is 83.4 Å². The number of benzene rings is 1. The average molecular weight is 340 g/mol. The first-order valence-corrected chi connectivity index (χ1v) is 7.91. The molecular weight excluding hydrogens is 324 g/mol. The lowest BCUT2D eigenvalue weighted by Gasteiger charge is -1.99. The molecular formula is C22H16N2O2. The van der Waals surface area contributed by atoms with Crippen molar-refractivity contribution in [2.24, 2.45) is 0 Å². The van der Waals surface area contributed by atoms with E-state index in [0.717, 1.165) is 22.6 Å². The predicted octanol–water partition coefficient (Wildman–Crippen LogP) is 3.29. The lowest BCUT2D eigenvalue weighted by atomic mass is 10.1. The summed E-state index contributed by atoms with van der Waals surface area (Å²) in [6, 6.07) is 14.9. The molecule has 2 aromatic heterocycles. The Morgan fingerprint density at radius 3 is 1.54 bits per heavy atom. The van der Waals surface area contributed by atoms with Crippen LogP contribution in [0.4, 0.5) is 0 Å². The third-order valence-electron chi connectivity index (χ3n) is 3.51. The van der Waals surface area contributed by atoms with Crippen molar-refractivity contribution in [1.82, 2.24) is 9.97 Å². The molecule has 0 N–H and O–H groups in total. The van der Waals surface area contributed by atoms with Gasteiger partial charge >= 0.3 is 0 Å². The Labute approximate surface area is 152 Å². The SMILES string of the molecule is COc1ccnc(C#Cc2ccccc2C#Cc2cc(OC)ccn2)c1. The summed E-state index contributed by atoms with van der Waals surface area (Å²) >= 11 is 0. The largest absolute Gasteiger partial charge is 0.497 e. The molecule has 4 nitrogen and oxygen atoms in total. The van der Waals surface area contributed by atoms with Crippen LogP contribution in [0.3, 0.4) is 0 Å². The third kappa shape index (κ3) is 4.41. The van der Waals surface area contributed by atoms with Gasteiger partial charge in [0.05, 0.1) is 14.2 Å². The summed E-state index contributed by atoms with van der Waals surface area (Å²) in [6.07, 6.45) is 3.34. The molecule has 0 saturated carbocycles. The first-order chi connectivity index (χ1) is 12.8. The standard InChI is InChI=1S/C22H16N2O2/c1-25-21-11-13-23-19(15-21)9-7-17-5-3-4-6-18(17)8-10-20-16-22(26-2)12-14-24-20/h3-6,11-16H,1-2H3. The molecule has 0 aliphatic heterocycles. The van der Waals surface area contributed by atoms with E-state index in [-0.39, 0.29) is 0 Å². The van der Waals surface area contributed by atoms with Gasteiger partial charge in [0.2, 0.25) is 0 Å². The topological polar surface area (TPSA) is 44.2 Å². The molecule has 0 aliphatic carbocycles. The van der Waals surface area contributed by atoms with Gasteiger partial charge in [-0.25, -0.2) is 9.97 Å². The molecule has 0 atom stereocenters. The normalized spacial score (nSPS) is 9.31. The molecule has 3 rings (SSSR count). The van der Waals surface area contributed by atoms with Gasteiger partial charge in [0.15, 0.2) is 0 Å². The Hall–Kier alpha value is -3.76. The van der Waals surface area contributed by atoms with E-state index >= 15 is 0 Å². The van der Waals surface area contributed by atoms with Crippen LogP contribution in [0, 0.1) is 23.7 Å². The molecule has 0 saturated heterocycles. The number of aromatic nitrogens is 2. The Kier molecular flexibility index (Phi) is 5.50. The second kappa shape index (κ2) is 8.37. The van der Waals surface area contributed by atoms with E-state index in [9.17, 15) is 0 Å². The lowest BCUT2D eigenvalue weighted by Crippen LogP contribution is -1.88.